The first-order valence-electron chi connectivity index (χ1n) is 4.87. The van der Waals surface area contributed by atoms with Crippen molar-refractivity contribution in [3.63, 3.8) is 0 Å². The molecule has 0 aromatic carbocycles. The highest BCUT2D eigenvalue weighted by Crippen LogP contribution is 2.31. The Morgan fingerprint density at radius 3 is 2.81 bits per heavy atom. The van der Waals surface area contributed by atoms with Crippen LogP contribution < -0.4 is 0 Å². The van der Waals surface area contributed by atoms with Gasteiger partial charge in [0, 0.05) is 17.3 Å². The largest absolute Gasteiger partial charge is 0.481 e. The van der Waals surface area contributed by atoms with Crippen molar-refractivity contribution in [2.45, 2.75) is 12.8 Å². The van der Waals surface area contributed by atoms with Gasteiger partial charge in [-0.05, 0) is 35.6 Å². The molecular weight excluding hydrogens is 222 g/mol. The molecule has 2 aromatic rings. The summed E-state index contributed by atoms with van der Waals surface area (Å²) in [5.41, 5.74) is 1.74. The van der Waals surface area contributed by atoms with Crippen molar-refractivity contribution >= 4 is 17.3 Å². The summed E-state index contributed by atoms with van der Waals surface area (Å²) in [6.07, 6.45) is 3.25. The van der Waals surface area contributed by atoms with Gasteiger partial charge in [-0.2, -0.15) is 0 Å². The molecule has 1 N–H and O–H groups in total. The highest BCUT2D eigenvalue weighted by molar-refractivity contribution is 7.10. The molecule has 82 valence electrons. The van der Waals surface area contributed by atoms with Crippen LogP contribution in [0.25, 0.3) is 0 Å². The van der Waals surface area contributed by atoms with Crippen molar-refractivity contribution in [3.8, 4) is 0 Å². The molecule has 2 heterocycles. The van der Waals surface area contributed by atoms with Crippen molar-refractivity contribution in [2.75, 3.05) is 0 Å². The maximum atomic E-state index is 11.3. The second-order valence-electron chi connectivity index (χ2n) is 3.53. The summed E-state index contributed by atoms with van der Waals surface area (Å²) in [7, 11) is 0. The molecule has 0 saturated carbocycles. The minimum absolute atomic E-state index is 0.603. The molecule has 0 aliphatic rings. The predicted octanol–water partition coefficient (Wildman–Crippen LogP) is 2.67. The zero-order valence-electron chi connectivity index (χ0n) is 8.75. The van der Waals surface area contributed by atoms with Crippen LogP contribution in [0.5, 0.6) is 0 Å². The number of rotatable bonds is 3. The summed E-state index contributed by atoms with van der Waals surface area (Å²) in [6, 6.07) is 5.49. The highest BCUT2D eigenvalue weighted by atomic mass is 32.1. The lowest BCUT2D eigenvalue weighted by atomic mass is 9.97. The molecule has 0 saturated heterocycles. The fraction of sp³-hybridized carbons (Fsp3) is 0.167. The SMILES string of the molecule is Cc1ccsc1C(C(=O)O)c1cccnc1. The fourth-order valence-electron chi connectivity index (χ4n) is 1.63. The second-order valence-corrected chi connectivity index (χ2v) is 4.47. The second kappa shape index (κ2) is 4.45. The van der Waals surface area contributed by atoms with Crippen LogP contribution in [-0.4, -0.2) is 16.1 Å². The molecule has 16 heavy (non-hydrogen) atoms. The molecule has 0 radical (unpaired) electrons. The predicted molar refractivity (Wildman–Crippen MR) is 62.8 cm³/mol. The molecule has 4 heteroatoms. The van der Waals surface area contributed by atoms with Crippen molar-refractivity contribution in [3.05, 3.63) is 52.0 Å². The van der Waals surface area contributed by atoms with Gasteiger partial charge in [-0.3, -0.25) is 9.78 Å². The fourth-order valence-corrected chi connectivity index (χ4v) is 2.68. The number of carbonyl (C=O) groups is 1. The minimum atomic E-state index is -0.835. The molecule has 0 bridgehead atoms. The standard InChI is InChI=1S/C12H11NO2S/c1-8-4-6-16-11(8)10(12(14)15)9-3-2-5-13-7-9/h2-7,10H,1H3,(H,14,15). The zero-order chi connectivity index (χ0) is 11.5. The van der Waals surface area contributed by atoms with Gasteiger partial charge in [-0.1, -0.05) is 6.07 Å². The number of aliphatic carboxylic acids is 1. The Kier molecular flexibility index (Phi) is 3.01. The van der Waals surface area contributed by atoms with Crippen LogP contribution in [0.15, 0.2) is 36.0 Å². The molecule has 0 amide bonds. The molecule has 2 aromatic heterocycles. The quantitative estimate of drug-likeness (QED) is 0.886. The lowest BCUT2D eigenvalue weighted by Gasteiger charge is -2.11. The number of pyridine rings is 1. The van der Waals surface area contributed by atoms with E-state index in [2.05, 4.69) is 4.98 Å². The van der Waals surface area contributed by atoms with Gasteiger partial charge in [0.15, 0.2) is 0 Å². The topological polar surface area (TPSA) is 50.2 Å². The number of hydrogen-bond donors (Lipinski definition) is 1. The lowest BCUT2D eigenvalue weighted by Crippen LogP contribution is -2.12. The van der Waals surface area contributed by atoms with E-state index in [0.29, 0.717) is 0 Å². The summed E-state index contributed by atoms with van der Waals surface area (Å²) in [5.74, 6) is -1.44. The first kappa shape index (κ1) is 10.8. The molecule has 0 aliphatic carbocycles. The van der Waals surface area contributed by atoms with Crippen LogP contribution in [-0.2, 0) is 4.79 Å². The van der Waals surface area contributed by atoms with Gasteiger partial charge < -0.3 is 5.11 Å². The van der Waals surface area contributed by atoms with Gasteiger partial charge in [0.1, 0.15) is 5.92 Å². The Labute approximate surface area is 97.4 Å². The molecule has 0 fully saturated rings. The number of aromatic nitrogens is 1. The molecular formula is C12H11NO2S. The van der Waals surface area contributed by atoms with Gasteiger partial charge in [-0.25, -0.2) is 0 Å². The van der Waals surface area contributed by atoms with Gasteiger partial charge >= 0.3 is 5.97 Å². The van der Waals surface area contributed by atoms with Gasteiger partial charge in [0.25, 0.3) is 0 Å². The van der Waals surface area contributed by atoms with E-state index in [4.69, 9.17) is 0 Å². The molecule has 0 aliphatic heterocycles. The average Bonchev–Trinajstić information content (AvgIpc) is 2.66. The Balaban J connectivity index is 2.48. The zero-order valence-corrected chi connectivity index (χ0v) is 9.57. The molecule has 0 spiro atoms. The third-order valence-corrected chi connectivity index (χ3v) is 3.51. The van der Waals surface area contributed by atoms with Crippen LogP contribution in [0.3, 0.4) is 0 Å². The van der Waals surface area contributed by atoms with Gasteiger partial charge in [0.2, 0.25) is 0 Å². The van der Waals surface area contributed by atoms with Crippen molar-refractivity contribution in [1.29, 1.82) is 0 Å². The average molecular weight is 233 g/mol. The third-order valence-electron chi connectivity index (χ3n) is 2.43. The summed E-state index contributed by atoms with van der Waals surface area (Å²) < 4.78 is 0. The van der Waals surface area contributed by atoms with E-state index in [1.807, 2.05) is 18.4 Å². The molecule has 1 unspecified atom stereocenters. The Morgan fingerprint density at radius 2 is 2.31 bits per heavy atom. The van der Waals surface area contributed by atoms with E-state index in [1.165, 1.54) is 11.3 Å². The van der Waals surface area contributed by atoms with E-state index in [9.17, 15) is 9.90 Å². The number of nitrogens with zero attached hydrogens (tertiary/aromatic N) is 1. The van der Waals surface area contributed by atoms with Crippen LogP contribution in [0.2, 0.25) is 0 Å². The smallest absolute Gasteiger partial charge is 0.316 e. The summed E-state index contributed by atoms with van der Waals surface area (Å²) in [6.45, 7) is 1.93. The number of carboxylic acids is 1. The Morgan fingerprint density at radius 1 is 1.50 bits per heavy atom. The van der Waals surface area contributed by atoms with Crippen LogP contribution in [0.1, 0.15) is 21.9 Å². The van der Waals surface area contributed by atoms with Crippen molar-refractivity contribution < 1.29 is 9.90 Å². The maximum absolute atomic E-state index is 11.3. The maximum Gasteiger partial charge on any atom is 0.316 e. The normalized spacial score (nSPS) is 12.3. The molecule has 3 nitrogen and oxygen atoms in total. The summed E-state index contributed by atoms with van der Waals surface area (Å²) in [5, 5.41) is 11.2. The third kappa shape index (κ3) is 1.97. The highest BCUT2D eigenvalue weighted by Gasteiger charge is 2.24. The Bertz CT molecular complexity index is 493. The number of aryl methyl sites for hydroxylation is 1. The summed E-state index contributed by atoms with van der Waals surface area (Å²) >= 11 is 1.47. The monoisotopic (exact) mass is 233 g/mol. The van der Waals surface area contributed by atoms with E-state index < -0.39 is 11.9 Å². The first-order chi connectivity index (χ1) is 7.70. The van der Waals surface area contributed by atoms with Gasteiger partial charge in [0.05, 0.1) is 0 Å². The minimum Gasteiger partial charge on any atom is -0.481 e. The van der Waals surface area contributed by atoms with Crippen molar-refractivity contribution in [2.24, 2.45) is 0 Å². The number of hydrogen-bond acceptors (Lipinski definition) is 3. The molecule has 1 atom stereocenters. The summed E-state index contributed by atoms with van der Waals surface area (Å²) in [4.78, 5) is 16.2. The first-order valence-corrected chi connectivity index (χ1v) is 5.75. The Hall–Kier alpha value is -1.68. The van der Waals surface area contributed by atoms with Crippen LogP contribution >= 0.6 is 11.3 Å². The van der Waals surface area contributed by atoms with E-state index in [-0.39, 0.29) is 0 Å². The number of carboxylic acid groups (broad SMARTS) is 1. The van der Waals surface area contributed by atoms with E-state index in [1.54, 1.807) is 24.5 Å². The van der Waals surface area contributed by atoms with Crippen LogP contribution in [0.4, 0.5) is 0 Å². The van der Waals surface area contributed by atoms with Crippen molar-refractivity contribution in [1.82, 2.24) is 4.98 Å². The van der Waals surface area contributed by atoms with Gasteiger partial charge in [-0.15, -0.1) is 11.3 Å². The lowest BCUT2D eigenvalue weighted by molar-refractivity contribution is -0.137. The molecule has 2 rings (SSSR count). The van der Waals surface area contributed by atoms with Crippen LogP contribution in [0, 0.1) is 6.92 Å². The number of thiophene rings is 1. The van der Waals surface area contributed by atoms with E-state index >= 15 is 0 Å². The van der Waals surface area contributed by atoms with E-state index in [0.717, 1.165) is 16.0 Å².